The van der Waals surface area contributed by atoms with Crippen LogP contribution in [-0.4, -0.2) is 18.3 Å². The molecule has 0 aliphatic heterocycles. The van der Waals surface area contributed by atoms with Crippen molar-refractivity contribution >= 4 is 36.0 Å². The molecule has 0 unspecified atom stereocenters. The molecule has 1 heterocycles. The zero-order valence-corrected chi connectivity index (χ0v) is 9.61. The van der Waals surface area contributed by atoms with Crippen molar-refractivity contribution in [3.05, 3.63) is 28.0 Å². The summed E-state index contributed by atoms with van der Waals surface area (Å²) in [5, 5.41) is 0. The Labute approximate surface area is 93.0 Å². The fraction of sp³-hybridized carbons (Fsp3) is 0.300. The van der Waals surface area contributed by atoms with Crippen LogP contribution in [0.3, 0.4) is 0 Å². The average Bonchev–Trinajstić information content (AvgIpc) is 2.63. The van der Waals surface area contributed by atoms with E-state index in [0.717, 1.165) is 4.88 Å². The van der Waals surface area contributed by atoms with E-state index in [9.17, 15) is 4.79 Å². The van der Waals surface area contributed by atoms with Gasteiger partial charge in [-0.2, -0.15) is 12.6 Å². The summed E-state index contributed by atoms with van der Waals surface area (Å²) in [4.78, 5) is 13.0. The molecular weight excluding hydrogens is 216 g/mol. The molecule has 0 radical (unpaired) electrons. The van der Waals surface area contributed by atoms with Gasteiger partial charge in [-0.3, -0.25) is 0 Å². The molecule has 2 nitrogen and oxygen atoms in total. The predicted octanol–water partition coefficient (Wildman–Crippen LogP) is 2.87. The molecule has 76 valence electrons. The van der Waals surface area contributed by atoms with E-state index in [1.165, 1.54) is 11.3 Å². The molecule has 0 spiro atoms. The Morgan fingerprint density at radius 2 is 2.43 bits per heavy atom. The minimum Gasteiger partial charge on any atom is -0.462 e. The highest BCUT2D eigenvalue weighted by molar-refractivity contribution is 7.80. The number of carbonyl (C=O) groups excluding carboxylic acids is 1. The van der Waals surface area contributed by atoms with Crippen molar-refractivity contribution < 1.29 is 9.53 Å². The van der Waals surface area contributed by atoms with Crippen molar-refractivity contribution in [2.24, 2.45) is 0 Å². The first-order valence-electron chi connectivity index (χ1n) is 4.32. The summed E-state index contributed by atoms with van der Waals surface area (Å²) in [7, 11) is 0. The highest BCUT2D eigenvalue weighted by atomic mass is 32.1. The molecule has 0 bridgehead atoms. The molecule has 1 aromatic rings. The van der Waals surface area contributed by atoms with Gasteiger partial charge in [0.2, 0.25) is 0 Å². The van der Waals surface area contributed by atoms with E-state index < -0.39 is 0 Å². The van der Waals surface area contributed by atoms with Gasteiger partial charge in [0.05, 0.1) is 6.61 Å². The summed E-state index contributed by atoms with van der Waals surface area (Å²) in [5.41, 5.74) is 0. The molecular formula is C10H12O2S2. The Morgan fingerprint density at radius 1 is 1.64 bits per heavy atom. The Balaban J connectivity index is 2.67. The van der Waals surface area contributed by atoms with Gasteiger partial charge in [-0.25, -0.2) is 4.79 Å². The van der Waals surface area contributed by atoms with Crippen molar-refractivity contribution in [3.63, 3.8) is 0 Å². The van der Waals surface area contributed by atoms with Gasteiger partial charge in [-0.15, -0.1) is 11.3 Å². The van der Waals surface area contributed by atoms with E-state index in [1.54, 1.807) is 13.0 Å². The topological polar surface area (TPSA) is 26.3 Å². The third kappa shape index (κ3) is 3.20. The molecule has 4 heteroatoms. The molecule has 0 fully saturated rings. The van der Waals surface area contributed by atoms with E-state index in [1.807, 2.05) is 18.2 Å². The van der Waals surface area contributed by atoms with E-state index in [-0.39, 0.29) is 5.97 Å². The van der Waals surface area contributed by atoms with Gasteiger partial charge in [-0.05, 0) is 25.1 Å². The summed E-state index contributed by atoms with van der Waals surface area (Å²) in [6.07, 6.45) is 3.88. The number of esters is 1. The zero-order valence-electron chi connectivity index (χ0n) is 7.90. The van der Waals surface area contributed by atoms with E-state index in [2.05, 4.69) is 12.6 Å². The number of carbonyl (C=O) groups is 1. The minimum atomic E-state index is -0.247. The summed E-state index contributed by atoms with van der Waals surface area (Å²) >= 11 is 5.48. The number of thiol groups is 1. The normalized spacial score (nSPS) is 10.7. The van der Waals surface area contributed by atoms with Crippen molar-refractivity contribution in [2.75, 3.05) is 12.4 Å². The molecule has 0 saturated carbocycles. The molecule has 0 aliphatic rings. The van der Waals surface area contributed by atoms with Crippen LogP contribution >= 0.6 is 24.0 Å². The lowest BCUT2D eigenvalue weighted by atomic mass is 10.4. The second-order valence-electron chi connectivity index (χ2n) is 2.51. The first-order chi connectivity index (χ1) is 6.77. The van der Waals surface area contributed by atoms with E-state index in [4.69, 9.17) is 4.74 Å². The molecule has 0 aliphatic carbocycles. The highest BCUT2D eigenvalue weighted by Crippen LogP contribution is 2.18. The van der Waals surface area contributed by atoms with Gasteiger partial charge in [0.1, 0.15) is 4.88 Å². The number of ether oxygens (including phenoxy) is 1. The molecule has 0 amide bonds. The minimum absolute atomic E-state index is 0.247. The molecule has 0 aromatic carbocycles. The van der Waals surface area contributed by atoms with Gasteiger partial charge in [0.25, 0.3) is 0 Å². The standard InChI is InChI=1S/C10H12O2S2/c1-2-12-10(11)9-6-5-8(14-9)4-3-7-13/h3-6,13H,2,7H2,1H3. The van der Waals surface area contributed by atoms with E-state index in [0.29, 0.717) is 17.2 Å². The maximum absolute atomic E-state index is 11.3. The first kappa shape index (κ1) is 11.3. The highest BCUT2D eigenvalue weighted by Gasteiger charge is 2.08. The molecule has 0 N–H and O–H groups in total. The lowest BCUT2D eigenvalue weighted by Gasteiger charge is -1.96. The Hall–Kier alpha value is -0.740. The van der Waals surface area contributed by atoms with Crippen LogP contribution in [0.2, 0.25) is 0 Å². The molecule has 0 atom stereocenters. The zero-order chi connectivity index (χ0) is 10.4. The SMILES string of the molecule is CCOC(=O)c1ccc(C=CCS)s1. The number of hydrogen-bond acceptors (Lipinski definition) is 4. The molecule has 0 saturated heterocycles. The van der Waals surface area contributed by atoms with E-state index >= 15 is 0 Å². The fourth-order valence-corrected chi connectivity index (χ4v) is 1.86. The second-order valence-corrected chi connectivity index (χ2v) is 3.99. The summed E-state index contributed by atoms with van der Waals surface area (Å²) in [6, 6.07) is 3.68. The van der Waals surface area contributed by atoms with Crippen molar-refractivity contribution in [1.82, 2.24) is 0 Å². The largest absolute Gasteiger partial charge is 0.462 e. The third-order valence-electron chi connectivity index (χ3n) is 1.49. The van der Waals surface area contributed by atoms with Gasteiger partial charge in [-0.1, -0.05) is 6.08 Å². The maximum Gasteiger partial charge on any atom is 0.348 e. The summed E-state index contributed by atoms with van der Waals surface area (Å²) in [5.74, 6) is 0.454. The van der Waals surface area contributed by atoms with Gasteiger partial charge in [0.15, 0.2) is 0 Å². The van der Waals surface area contributed by atoms with Gasteiger partial charge in [0, 0.05) is 10.6 Å². The number of thiophene rings is 1. The summed E-state index contributed by atoms with van der Waals surface area (Å²) < 4.78 is 4.88. The Bertz CT molecular complexity index is 329. The average molecular weight is 228 g/mol. The second kappa shape index (κ2) is 5.88. The first-order valence-corrected chi connectivity index (χ1v) is 5.77. The van der Waals surface area contributed by atoms with Crippen LogP contribution in [0, 0.1) is 0 Å². The third-order valence-corrected chi connectivity index (χ3v) is 2.73. The van der Waals surface area contributed by atoms with Gasteiger partial charge >= 0.3 is 5.97 Å². The van der Waals surface area contributed by atoms with Crippen LogP contribution < -0.4 is 0 Å². The van der Waals surface area contributed by atoms with Crippen LogP contribution in [0.4, 0.5) is 0 Å². The molecule has 1 aromatic heterocycles. The van der Waals surface area contributed by atoms with Gasteiger partial charge < -0.3 is 4.74 Å². The Kier molecular flexibility index (Phi) is 4.76. The van der Waals surface area contributed by atoms with Crippen LogP contribution in [-0.2, 0) is 4.74 Å². The smallest absolute Gasteiger partial charge is 0.348 e. The molecule has 1 rings (SSSR count). The van der Waals surface area contributed by atoms with Crippen molar-refractivity contribution in [1.29, 1.82) is 0 Å². The number of hydrogen-bond donors (Lipinski definition) is 1. The van der Waals surface area contributed by atoms with Crippen molar-refractivity contribution in [2.45, 2.75) is 6.92 Å². The van der Waals surface area contributed by atoms with Crippen LogP contribution in [0.15, 0.2) is 18.2 Å². The van der Waals surface area contributed by atoms with Crippen LogP contribution in [0.1, 0.15) is 21.5 Å². The Morgan fingerprint density at radius 3 is 3.07 bits per heavy atom. The lowest BCUT2D eigenvalue weighted by molar-refractivity contribution is 0.0532. The maximum atomic E-state index is 11.3. The lowest BCUT2D eigenvalue weighted by Crippen LogP contribution is -2.01. The molecule has 14 heavy (non-hydrogen) atoms. The predicted molar refractivity (Wildman–Crippen MR) is 63.2 cm³/mol. The van der Waals surface area contributed by atoms with Crippen molar-refractivity contribution in [3.8, 4) is 0 Å². The van der Waals surface area contributed by atoms with Crippen LogP contribution in [0.25, 0.3) is 6.08 Å². The summed E-state index contributed by atoms with van der Waals surface area (Å²) in [6.45, 7) is 2.21. The number of rotatable bonds is 4. The van der Waals surface area contributed by atoms with Crippen LogP contribution in [0.5, 0.6) is 0 Å². The fourth-order valence-electron chi connectivity index (χ4n) is 0.923. The monoisotopic (exact) mass is 228 g/mol. The quantitative estimate of drug-likeness (QED) is 0.633.